The summed E-state index contributed by atoms with van der Waals surface area (Å²) in [5.41, 5.74) is 2.44. The van der Waals surface area contributed by atoms with Gasteiger partial charge in [0.2, 0.25) is 0 Å². The number of rotatable bonds is 5. The maximum absolute atomic E-state index is 12.3. The zero-order valence-corrected chi connectivity index (χ0v) is 19.3. The summed E-state index contributed by atoms with van der Waals surface area (Å²) in [7, 11) is 3.47. The van der Waals surface area contributed by atoms with Crippen LogP contribution in [0, 0.1) is 0 Å². The number of aryl methyl sites for hydroxylation is 1. The number of nitrogens with zero attached hydrogens (tertiary/aromatic N) is 4. The monoisotopic (exact) mass is 449 g/mol. The fraction of sp³-hybridized carbons (Fsp3) is 0.391. The summed E-state index contributed by atoms with van der Waals surface area (Å²) in [6.45, 7) is 5.44. The van der Waals surface area contributed by atoms with E-state index in [2.05, 4.69) is 36.8 Å². The van der Waals surface area contributed by atoms with Crippen LogP contribution >= 0.6 is 0 Å². The lowest BCUT2D eigenvalue weighted by Crippen LogP contribution is -2.27. The van der Waals surface area contributed by atoms with E-state index < -0.39 is 11.7 Å². The summed E-state index contributed by atoms with van der Waals surface area (Å²) in [5, 5.41) is 12.5. The summed E-state index contributed by atoms with van der Waals surface area (Å²) in [6, 6.07) is 5.73. The average Bonchev–Trinajstić information content (AvgIpc) is 3.43. The van der Waals surface area contributed by atoms with Crippen molar-refractivity contribution >= 4 is 45.4 Å². The van der Waals surface area contributed by atoms with Crippen molar-refractivity contribution in [2.24, 2.45) is 7.05 Å². The highest BCUT2D eigenvalue weighted by molar-refractivity contribution is 6.13. The van der Waals surface area contributed by atoms with Gasteiger partial charge in [-0.25, -0.2) is 14.8 Å². The Bertz CT molecular complexity index is 1360. The number of hydrogen-bond donors (Lipinski definition) is 3. The first kappa shape index (κ1) is 21.0. The van der Waals surface area contributed by atoms with Crippen LogP contribution in [0.3, 0.4) is 0 Å². The maximum Gasteiger partial charge on any atom is 0.412 e. The highest BCUT2D eigenvalue weighted by Crippen LogP contribution is 2.41. The van der Waals surface area contributed by atoms with Crippen molar-refractivity contribution in [2.45, 2.75) is 45.1 Å². The predicted octanol–water partition coefficient (Wildman–Crippen LogP) is 4.82. The highest BCUT2D eigenvalue weighted by Gasteiger charge is 2.27. The van der Waals surface area contributed by atoms with Gasteiger partial charge in [-0.3, -0.25) is 10.00 Å². The van der Waals surface area contributed by atoms with Crippen LogP contribution in [0.2, 0.25) is 0 Å². The number of methoxy groups -OCH3 is 1. The van der Waals surface area contributed by atoms with E-state index in [1.54, 1.807) is 13.2 Å². The minimum absolute atomic E-state index is 0.494. The normalized spacial score (nSPS) is 14.0. The van der Waals surface area contributed by atoms with Crippen LogP contribution in [0.5, 0.6) is 5.75 Å². The smallest absolute Gasteiger partial charge is 0.412 e. The standard InChI is InChI=1S/C23H27N7O3/c1-23(2,3)33-22(31)27-16-9-15-13(8-17(16)32-5)19-20(26-15)24-11-25-21(19)28-18-10-14(12-6-7-12)29-30(18)4/h8-12H,6-7H2,1-5H3,(H,27,31)(H2,24,25,26,28). The first-order chi connectivity index (χ1) is 15.7. The van der Waals surface area contributed by atoms with Crippen molar-refractivity contribution in [2.75, 3.05) is 17.7 Å². The third kappa shape index (κ3) is 4.15. The van der Waals surface area contributed by atoms with Crippen molar-refractivity contribution in [1.82, 2.24) is 24.7 Å². The van der Waals surface area contributed by atoms with Gasteiger partial charge in [0.15, 0.2) is 0 Å². The van der Waals surface area contributed by atoms with Gasteiger partial charge in [-0.15, -0.1) is 0 Å². The number of H-pyrrole nitrogens is 1. The van der Waals surface area contributed by atoms with Crippen molar-refractivity contribution in [3.05, 3.63) is 30.2 Å². The minimum Gasteiger partial charge on any atom is -0.495 e. The van der Waals surface area contributed by atoms with Gasteiger partial charge in [0.1, 0.15) is 35.0 Å². The molecule has 172 valence electrons. The Labute approximate surface area is 190 Å². The number of ether oxygens (including phenoxy) is 2. The number of fused-ring (bicyclic) bond motifs is 3. The largest absolute Gasteiger partial charge is 0.495 e. The molecule has 0 saturated heterocycles. The second-order valence-electron chi connectivity index (χ2n) is 9.27. The van der Waals surface area contributed by atoms with E-state index in [0.717, 1.165) is 27.8 Å². The summed E-state index contributed by atoms with van der Waals surface area (Å²) >= 11 is 0. The molecular weight excluding hydrogens is 422 g/mol. The molecule has 3 N–H and O–H groups in total. The van der Waals surface area contributed by atoms with Crippen LogP contribution in [-0.2, 0) is 11.8 Å². The van der Waals surface area contributed by atoms with E-state index in [1.165, 1.54) is 19.2 Å². The molecule has 4 aromatic rings. The Morgan fingerprint density at radius 3 is 2.70 bits per heavy atom. The minimum atomic E-state index is -0.607. The lowest BCUT2D eigenvalue weighted by atomic mass is 10.1. The quantitative estimate of drug-likeness (QED) is 0.399. The Hall–Kier alpha value is -3.82. The molecule has 3 aromatic heterocycles. The first-order valence-corrected chi connectivity index (χ1v) is 10.9. The molecule has 3 heterocycles. The van der Waals surface area contributed by atoms with Crippen molar-refractivity contribution < 1.29 is 14.3 Å². The van der Waals surface area contributed by atoms with E-state index >= 15 is 0 Å². The molecule has 1 amide bonds. The topological polar surface area (TPSA) is 119 Å². The molecule has 5 rings (SSSR count). The fourth-order valence-electron chi connectivity index (χ4n) is 3.83. The number of aromatic nitrogens is 5. The molecule has 0 bridgehead atoms. The number of carbonyl (C=O) groups excluding carboxylic acids is 1. The predicted molar refractivity (Wildman–Crippen MR) is 126 cm³/mol. The summed E-state index contributed by atoms with van der Waals surface area (Å²) in [4.78, 5) is 24.5. The Morgan fingerprint density at radius 2 is 2.00 bits per heavy atom. The average molecular weight is 450 g/mol. The third-order valence-electron chi connectivity index (χ3n) is 5.49. The molecule has 1 aliphatic rings. The van der Waals surface area contributed by atoms with Gasteiger partial charge < -0.3 is 19.8 Å². The van der Waals surface area contributed by atoms with Crippen LogP contribution in [0.15, 0.2) is 24.5 Å². The first-order valence-electron chi connectivity index (χ1n) is 10.9. The van der Waals surface area contributed by atoms with Crippen LogP contribution < -0.4 is 15.4 Å². The van der Waals surface area contributed by atoms with Crippen LogP contribution in [0.1, 0.15) is 45.2 Å². The van der Waals surface area contributed by atoms with Gasteiger partial charge in [-0.1, -0.05) is 0 Å². The van der Waals surface area contributed by atoms with Gasteiger partial charge in [-0.05, 0) is 45.7 Å². The molecule has 1 fully saturated rings. The van der Waals surface area contributed by atoms with E-state index in [9.17, 15) is 4.79 Å². The summed E-state index contributed by atoms with van der Waals surface area (Å²) < 4.78 is 12.8. The van der Waals surface area contributed by atoms with Crippen LogP contribution in [-0.4, -0.2) is 43.5 Å². The van der Waals surface area contributed by atoms with E-state index in [1.807, 2.05) is 38.6 Å². The van der Waals surface area contributed by atoms with E-state index in [-0.39, 0.29) is 0 Å². The maximum atomic E-state index is 12.3. The molecular formula is C23H27N7O3. The van der Waals surface area contributed by atoms with Crippen molar-refractivity contribution in [3.63, 3.8) is 0 Å². The number of amides is 1. The Morgan fingerprint density at radius 1 is 1.21 bits per heavy atom. The molecule has 0 atom stereocenters. The number of aromatic amines is 1. The van der Waals surface area contributed by atoms with Gasteiger partial charge in [0, 0.05) is 24.4 Å². The number of benzene rings is 1. The van der Waals surface area contributed by atoms with Gasteiger partial charge >= 0.3 is 6.09 Å². The van der Waals surface area contributed by atoms with Crippen molar-refractivity contribution in [1.29, 1.82) is 0 Å². The van der Waals surface area contributed by atoms with Crippen LogP contribution in [0.25, 0.3) is 21.9 Å². The summed E-state index contributed by atoms with van der Waals surface area (Å²) in [5.74, 6) is 2.58. The molecule has 10 heteroatoms. The van der Waals surface area contributed by atoms with E-state index in [4.69, 9.17) is 9.47 Å². The van der Waals surface area contributed by atoms with Crippen LogP contribution in [0.4, 0.5) is 22.1 Å². The molecule has 1 saturated carbocycles. The van der Waals surface area contributed by atoms with Crippen molar-refractivity contribution in [3.8, 4) is 5.75 Å². The SMILES string of the molecule is COc1cc2c(cc1NC(=O)OC(C)(C)C)[nH]c1ncnc(Nc3cc(C4CC4)nn3C)c12. The lowest BCUT2D eigenvalue weighted by molar-refractivity contribution is 0.0635. The summed E-state index contributed by atoms with van der Waals surface area (Å²) in [6.07, 6.45) is 3.34. The Balaban J connectivity index is 1.54. The van der Waals surface area contributed by atoms with Gasteiger partial charge in [0.05, 0.1) is 29.4 Å². The second-order valence-corrected chi connectivity index (χ2v) is 9.27. The van der Waals surface area contributed by atoms with Gasteiger partial charge in [-0.2, -0.15) is 5.10 Å². The second kappa shape index (κ2) is 7.65. The molecule has 0 aliphatic heterocycles. The Kier molecular flexibility index (Phi) is 4.88. The molecule has 10 nitrogen and oxygen atoms in total. The highest BCUT2D eigenvalue weighted by atomic mass is 16.6. The zero-order chi connectivity index (χ0) is 23.3. The number of carbonyl (C=O) groups is 1. The molecule has 33 heavy (non-hydrogen) atoms. The molecule has 1 aliphatic carbocycles. The number of anilines is 3. The third-order valence-corrected chi connectivity index (χ3v) is 5.49. The molecule has 0 unspecified atom stereocenters. The number of nitrogens with one attached hydrogen (secondary N) is 3. The molecule has 0 radical (unpaired) electrons. The lowest BCUT2D eigenvalue weighted by Gasteiger charge is -2.20. The van der Waals surface area contributed by atoms with Gasteiger partial charge in [0.25, 0.3) is 0 Å². The number of hydrogen-bond acceptors (Lipinski definition) is 7. The van der Waals surface area contributed by atoms with E-state index in [0.29, 0.717) is 28.8 Å². The zero-order valence-electron chi connectivity index (χ0n) is 19.3. The molecule has 0 spiro atoms. The fourth-order valence-corrected chi connectivity index (χ4v) is 3.83. The molecule has 1 aromatic carbocycles.